The minimum Gasteiger partial charge on any atom is -0.493 e. The Morgan fingerprint density at radius 2 is 1.92 bits per heavy atom. The number of halogens is 1. The number of carbonyl (C=O) groups excluding carboxylic acids is 1. The predicted octanol–water partition coefficient (Wildman–Crippen LogP) is 2.42. The van der Waals surface area contributed by atoms with Gasteiger partial charge in [0.15, 0.2) is 11.5 Å². The van der Waals surface area contributed by atoms with Crippen LogP contribution in [-0.4, -0.2) is 39.8 Å². The predicted molar refractivity (Wildman–Crippen MR) is 98.3 cm³/mol. The molecule has 0 spiro atoms. The summed E-state index contributed by atoms with van der Waals surface area (Å²) in [5.74, 6) is 2.23. The smallest absolute Gasteiger partial charge is 0.223 e. The highest BCUT2D eigenvalue weighted by atomic mass is 35.5. The highest BCUT2D eigenvalue weighted by Crippen LogP contribution is 2.28. The van der Waals surface area contributed by atoms with E-state index in [0.29, 0.717) is 12.5 Å². The summed E-state index contributed by atoms with van der Waals surface area (Å²) in [4.78, 5) is 12.2. The molecule has 1 heterocycles. The monoisotopic (exact) mass is 356 g/mol. The van der Waals surface area contributed by atoms with Gasteiger partial charge in [-0.15, -0.1) is 12.4 Å². The maximum Gasteiger partial charge on any atom is 0.223 e. The summed E-state index contributed by atoms with van der Waals surface area (Å²) in [5.41, 5.74) is 1.19. The number of piperidine rings is 1. The van der Waals surface area contributed by atoms with Crippen LogP contribution in [-0.2, 0) is 11.2 Å². The van der Waals surface area contributed by atoms with E-state index in [4.69, 9.17) is 9.47 Å². The van der Waals surface area contributed by atoms with Crippen molar-refractivity contribution in [2.75, 3.05) is 33.9 Å². The molecule has 1 aliphatic heterocycles. The van der Waals surface area contributed by atoms with Crippen LogP contribution in [0.2, 0.25) is 0 Å². The average Bonchev–Trinajstić information content (AvgIpc) is 2.60. The Morgan fingerprint density at radius 3 is 2.54 bits per heavy atom. The standard InChI is InChI=1S/C18H28N2O3.ClH/c1-13(12-20-18(21)15-6-8-19-9-7-15)10-14-4-5-16(22-2)17(11-14)23-3;/h4-5,11,13,15,19H,6-10,12H2,1-3H3,(H,20,21);1H. The van der Waals surface area contributed by atoms with Crippen molar-refractivity contribution in [3.8, 4) is 11.5 Å². The molecule has 1 atom stereocenters. The van der Waals surface area contributed by atoms with Crippen LogP contribution in [0, 0.1) is 11.8 Å². The van der Waals surface area contributed by atoms with Crippen LogP contribution in [0.25, 0.3) is 0 Å². The Hall–Kier alpha value is -1.46. The van der Waals surface area contributed by atoms with Gasteiger partial charge in [0.25, 0.3) is 0 Å². The molecule has 1 saturated heterocycles. The first-order chi connectivity index (χ1) is 11.1. The van der Waals surface area contributed by atoms with E-state index in [1.54, 1.807) is 14.2 Å². The van der Waals surface area contributed by atoms with Gasteiger partial charge < -0.3 is 20.1 Å². The molecule has 0 aromatic heterocycles. The molecule has 1 aromatic carbocycles. The second kappa shape index (κ2) is 10.4. The molecule has 0 bridgehead atoms. The lowest BCUT2D eigenvalue weighted by Gasteiger charge is -2.22. The fourth-order valence-electron chi connectivity index (χ4n) is 2.99. The van der Waals surface area contributed by atoms with E-state index >= 15 is 0 Å². The number of ether oxygens (including phenoxy) is 2. The largest absolute Gasteiger partial charge is 0.493 e. The van der Waals surface area contributed by atoms with Crippen molar-refractivity contribution < 1.29 is 14.3 Å². The van der Waals surface area contributed by atoms with Crippen molar-refractivity contribution in [2.24, 2.45) is 11.8 Å². The normalized spacial score (nSPS) is 16.0. The first-order valence-electron chi connectivity index (χ1n) is 8.33. The third kappa shape index (κ3) is 5.87. The first-order valence-corrected chi connectivity index (χ1v) is 8.33. The molecular weight excluding hydrogens is 328 g/mol. The fraction of sp³-hybridized carbons (Fsp3) is 0.611. The zero-order valence-electron chi connectivity index (χ0n) is 14.8. The van der Waals surface area contributed by atoms with E-state index in [1.807, 2.05) is 18.2 Å². The van der Waals surface area contributed by atoms with Gasteiger partial charge in [-0.2, -0.15) is 0 Å². The minimum absolute atomic E-state index is 0. The molecule has 2 rings (SSSR count). The Morgan fingerprint density at radius 1 is 1.25 bits per heavy atom. The van der Waals surface area contributed by atoms with Crippen LogP contribution in [0.15, 0.2) is 18.2 Å². The van der Waals surface area contributed by atoms with Gasteiger partial charge in [0.1, 0.15) is 0 Å². The molecule has 136 valence electrons. The van der Waals surface area contributed by atoms with Gasteiger partial charge in [-0.25, -0.2) is 0 Å². The van der Waals surface area contributed by atoms with Crippen molar-refractivity contribution >= 4 is 18.3 Å². The second-order valence-electron chi connectivity index (χ2n) is 6.27. The number of rotatable bonds is 7. The van der Waals surface area contributed by atoms with Crippen LogP contribution in [0.4, 0.5) is 0 Å². The quantitative estimate of drug-likeness (QED) is 0.787. The number of hydrogen-bond donors (Lipinski definition) is 2. The van der Waals surface area contributed by atoms with Gasteiger partial charge in [-0.3, -0.25) is 4.79 Å². The van der Waals surface area contributed by atoms with E-state index in [0.717, 1.165) is 43.9 Å². The molecule has 1 aromatic rings. The molecular formula is C18H29ClN2O3. The first kappa shape index (κ1) is 20.6. The molecule has 0 radical (unpaired) electrons. The maximum atomic E-state index is 12.2. The maximum absolute atomic E-state index is 12.2. The molecule has 24 heavy (non-hydrogen) atoms. The van der Waals surface area contributed by atoms with Crippen molar-refractivity contribution in [3.63, 3.8) is 0 Å². The molecule has 0 aliphatic carbocycles. The SMILES string of the molecule is COc1ccc(CC(C)CNC(=O)C2CCNCC2)cc1OC.Cl. The van der Waals surface area contributed by atoms with Crippen LogP contribution in [0.1, 0.15) is 25.3 Å². The summed E-state index contributed by atoms with van der Waals surface area (Å²) in [6.45, 7) is 4.75. The Kier molecular flexibility index (Phi) is 8.93. The zero-order chi connectivity index (χ0) is 16.7. The van der Waals surface area contributed by atoms with Crippen molar-refractivity contribution in [3.05, 3.63) is 23.8 Å². The fourth-order valence-corrected chi connectivity index (χ4v) is 2.99. The summed E-state index contributed by atoms with van der Waals surface area (Å²) in [7, 11) is 3.28. The van der Waals surface area contributed by atoms with Crippen LogP contribution in [0.5, 0.6) is 11.5 Å². The summed E-state index contributed by atoms with van der Waals surface area (Å²) in [6, 6.07) is 5.98. The van der Waals surface area contributed by atoms with Gasteiger partial charge in [-0.05, 0) is 56.0 Å². The summed E-state index contributed by atoms with van der Waals surface area (Å²) >= 11 is 0. The highest BCUT2D eigenvalue weighted by Gasteiger charge is 2.21. The van der Waals surface area contributed by atoms with Crippen LogP contribution in [0.3, 0.4) is 0 Å². The highest BCUT2D eigenvalue weighted by molar-refractivity contribution is 5.85. The number of methoxy groups -OCH3 is 2. The molecule has 1 fully saturated rings. The van der Waals surface area contributed by atoms with E-state index in [2.05, 4.69) is 17.6 Å². The van der Waals surface area contributed by atoms with Gasteiger partial charge in [-0.1, -0.05) is 13.0 Å². The van der Waals surface area contributed by atoms with Crippen molar-refractivity contribution in [1.29, 1.82) is 0 Å². The van der Waals surface area contributed by atoms with Gasteiger partial charge in [0, 0.05) is 12.5 Å². The molecule has 1 aliphatic rings. The number of carbonyl (C=O) groups is 1. The van der Waals surface area contributed by atoms with E-state index in [1.165, 1.54) is 5.56 Å². The van der Waals surface area contributed by atoms with Crippen LogP contribution < -0.4 is 20.1 Å². The lowest BCUT2D eigenvalue weighted by atomic mass is 9.96. The molecule has 6 heteroatoms. The summed E-state index contributed by atoms with van der Waals surface area (Å²) in [6.07, 6.45) is 2.78. The Labute approximate surface area is 150 Å². The number of nitrogens with one attached hydrogen (secondary N) is 2. The number of hydrogen-bond acceptors (Lipinski definition) is 4. The number of amides is 1. The molecule has 5 nitrogen and oxygen atoms in total. The lowest BCUT2D eigenvalue weighted by molar-refractivity contribution is -0.125. The topological polar surface area (TPSA) is 59.6 Å². The number of benzene rings is 1. The van der Waals surface area contributed by atoms with Crippen molar-refractivity contribution in [2.45, 2.75) is 26.2 Å². The third-order valence-corrected chi connectivity index (χ3v) is 4.37. The molecule has 1 unspecified atom stereocenters. The van der Waals surface area contributed by atoms with Crippen molar-refractivity contribution in [1.82, 2.24) is 10.6 Å². The van der Waals surface area contributed by atoms with E-state index < -0.39 is 0 Å². The average molecular weight is 357 g/mol. The minimum atomic E-state index is 0. The van der Waals surface area contributed by atoms with Gasteiger partial charge >= 0.3 is 0 Å². The van der Waals surface area contributed by atoms with Gasteiger partial charge in [0.2, 0.25) is 5.91 Å². The Bertz CT molecular complexity index is 519. The second-order valence-corrected chi connectivity index (χ2v) is 6.27. The Balaban J connectivity index is 0.00000288. The molecule has 0 saturated carbocycles. The molecule has 2 N–H and O–H groups in total. The third-order valence-electron chi connectivity index (χ3n) is 4.37. The van der Waals surface area contributed by atoms with Gasteiger partial charge in [0.05, 0.1) is 14.2 Å². The van der Waals surface area contributed by atoms with E-state index in [-0.39, 0.29) is 24.2 Å². The summed E-state index contributed by atoms with van der Waals surface area (Å²) in [5, 5.41) is 6.39. The van der Waals surface area contributed by atoms with Crippen LogP contribution >= 0.6 is 12.4 Å². The molecule has 1 amide bonds. The summed E-state index contributed by atoms with van der Waals surface area (Å²) < 4.78 is 10.6. The zero-order valence-corrected chi connectivity index (χ0v) is 15.6. The van der Waals surface area contributed by atoms with E-state index in [9.17, 15) is 4.79 Å². The lowest BCUT2D eigenvalue weighted by Crippen LogP contribution is -2.39.